The van der Waals surface area contributed by atoms with Crippen molar-refractivity contribution in [3.8, 4) is 11.1 Å². The summed E-state index contributed by atoms with van der Waals surface area (Å²) in [5.41, 5.74) is 5.73. The molecule has 0 saturated carbocycles. The van der Waals surface area contributed by atoms with Crippen LogP contribution in [-0.2, 0) is 5.60 Å². The summed E-state index contributed by atoms with van der Waals surface area (Å²) in [4.78, 5) is 3.67. The summed E-state index contributed by atoms with van der Waals surface area (Å²) >= 11 is 0. The standard InChI is InChI=1S/C26H23NO/c1-26(2,28)22-14-9-8-13-20(22)24-18-11-7-6-10-17(18)16-21-19-12-4-3-5-15-23(19)27-25(21)24/h4-16,27-28H,3H2,1-2H3. The molecule has 1 aromatic heterocycles. The van der Waals surface area contributed by atoms with E-state index in [0.29, 0.717) is 0 Å². The van der Waals surface area contributed by atoms with Crippen molar-refractivity contribution in [1.82, 2.24) is 4.98 Å². The number of benzene rings is 3. The molecule has 2 heteroatoms. The maximum atomic E-state index is 10.8. The molecule has 0 amide bonds. The maximum absolute atomic E-state index is 10.8. The van der Waals surface area contributed by atoms with Crippen LogP contribution in [0.2, 0.25) is 0 Å². The van der Waals surface area contributed by atoms with Gasteiger partial charge in [-0.15, -0.1) is 0 Å². The highest BCUT2D eigenvalue weighted by molar-refractivity contribution is 6.14. The van der Waals surface area contributed by atoms with Crippen LogP contribution in [0.25, 0.3) is 45.0 Å². The van der Waals surface area contributed by atoms with Gasteiger partial charge in [-0.3, -0.25) is 0 Å². The summed E-state index contributed by atoms with van der Waals surface area (Å²) in [7, 11) is 0. The van der Waals surface area contributed by atoms with Gasteiger partial charge in [0.25, 0.3) is 0 Å². The zero-order valence-corrected chi connectivity index (χ0v) is 16.2. The van der Waals surface area contributed by atoms with Crippen LogP contribution in [0, 0.1) is 0 Å². The van der Waals surface area contributed by atoms with Gasteiger partial charge in [-0.05, 0) is 54.3 Å². The van der Waals surface area contributed by atoms with E-state index in [1.54, 1.807) is 0 Å². The first-order chi connectivity index (χ1) is 13.5. The summed E-state index contributed by atoms with van der Waals surface area (Å²) in [6.07, 6.45) is 9.73. The van der Waals surface area contributed by atoms with Crippen LogP contribution in [0.4, 0.5) is 0 Å². The molecule has 5 rings (SSSR count). The van der Waals surface area contributed by atoms with Gasteiger partial charge in [0, 0.05) is 22.2 Å². The van der Waals surface area contributed by atoms with Gasteiger partial charge in [0.05, 0.1) is 11.1 Å². The minimum atomic E-state index is -0.927. The van der Waals surface area contributed by atoms with Crippen LogP contribution in [-0.4, -0.2) is 10.1 Å². The second-order valence-electron chi connectivity index (χ2n) is 7.99. The average Bonchev–Trinajstić information content (AvgIpc) is 2.86. The Kier molecular flexibility index (Phi) is 3.78. The minimum Gasteiger partial charge on any atom is -0.386 e. The fourth-order valence-electron chi connectivity index (χ4n) is 4.31. The van der Waals surface area contributed by atoms with Crippen molar-refractivity contribution >= 4 is 33.8 Å². The quantitative estimate of drug-likeness (QED) is 0.410. The summed E-state index contributed by atoms with van der Waals surface area (Å²) < 4.78 is 0. The molecular weight excluding hydrogens is 342 g/mol. The average molecular weight is 365 g/mol. The lowest BCUT2D eigenvalue weighted by Gasteiger charge is -2.23. The third-order valence-electron chi connectivity index (χ3n) is 5.59. The lowest BCUT2D eigenvalue weighted by atomic mass is 9.86. The maximum Gasteiger partial charge on any atom is 0.0846 e. The van der Waals surface area contributed by atoms with E-state index < -0.39 is 5.60 Å². The zero-order valence-electron chi connectivity index (χ0n) is 16.2. The lowest BCUT2D eigenvalue weighted by molar-refractivity contribution is 0.0792. The van der Waals surface area contributed by atoms with E-state index in [2.05, 4.69) is 65.7 Å². The molecular formula is C26H23NO. The predicted molar refractivity (Wildman–Crippen MR) is 119 cm³/mol. The minimum absolute atomic E-state index is 0.927. The molecule has 1 aliphatic rings. The summed E-state index contributed by atoms with van der Waals surface area (Å²) in [5, 5.41) is 14.5. The Hall–Kier alpha value is -3.10. The molecule has 1 heterocycles. The van der Waals surface area contributed by atoms with Crippen molar-refractivity contribution in [1.29, 1.82) is 0 Å². The highest BCUT2D eigenvalue weighted by Crippen LogP contribution is 2.42. The molecule has 0 unspecified atom stereocenters. The zero-order chi connectivity index (χ0) is 19.3. The van der Waals surface area contributed by atoms with Gasteiger partial charge in [0.1, 0.15) is 0 Å². The van der Waals surface area contributed by atoms with Gasteiger partial charge >= 0.3 is 0 Å². The van der Waals surface area contributed by atoms with E-state index >= 15 is 0 Å². The van der Waals surface area contributed by atoms with E-state index in [-0.39, 0.29) is 0 Å². The van der Waals surface area contributed by atoms with Crippen molar-refractivity contribution in [2.45, 2.75) is 25.9 Å². The van der Waals surface area contributed by atoms with E-state index in [0.717, 1.165) is 34.3 Å². The normalized spacial score (nSPS) is 13.8. The Labute approximate surface area is 164 Å². The first-order valence-corrected chi connectivity index (χ1v) is 9.77. The number of H-pyrrole nitrogens is 1. The second-order valence-corrected chi connectivity index (χ2v) is 7.99. The summed E-state index contributed by atoms with van der Waals surface area (Å²) in [6.45, 7) is 3.70. The topological polar surface area (TPSA) is 36.0 Å². The number of allylic oxidation sites excluding steroid dienone is 2. The molecule has 0 bridgehead atoms. The number of hydrogen-bond donors (Lipinski definition) is 2. The Balaban J connectivity index is 1.97. The van der Waals surface area contributed by atoms with Crippen molar-refractivity contribution in [3.05, 3.63) is 83.6 Å². The van der Waals surface area contributed by atoms with Crippen LogP contribution in [0.15, 0.2) is 66.7 Å². The molecule has 0 saturated heterocycles. The Morgan fingerprint density at radius 1 is 0.893 bits per heavy atom. The lowest BCUT2D eigenvalue weighted by Crippen LogP contribution is -2.16. The smallest absolute Gasteiger partial charge is 0.0846 e. The summed E-state index contributed by atoms with van der Waals surface area (Å²) in [5.74, 6) is 0. The highest BCUT2D eigenvalue weighted by Gasteiger charge is 2.24. The van der Waals surface area contributed by atoms with E-state index in [9.17, 15) is 5.11 Å². The molecule has 138 valence electrons. The molecule has 0 spiro atoms. The van der Waals surface area contributed by atoms with Gasteiger partial charge in [-0.25, -0.2) is 0 Å². The molecule has 0 aliphatic heterocycles. The van der Waals surface area contributed by atoms with E-state index in [1.807, 2.05) is 32.0 Å². The molecule has 0 fully saturated rings. The number of rotatable bonds is 2. The van der Waals surface area contributed by atoms with Gasteiger partial charge in [-0.2, -0.15) is 0 Å². The van der Waals surface area contributed by atoms with Crippen LogP contribution >= 0.6 is 0 Å². The van der Waals surface area contributed by atoms with Gasteiger partial charge in [0.15, 0.2) is 0 Å². The number of aromatic nitrogens is 1. The fraction of sp³-hybridized carbons (Fsp3) is 0.154. The van der Waals surface area contributed by atoms with Crippen molar-refractivity contribution in [3.63, 3.8) is 0 Å². The van der Waals surface area contributed by atoms with Crippen LogP contribution in [0.1, 0.15) is 37.1 Å². The summed E-state index contributed by atoms with van der Waals surface area (Å²) in [6, 6.07) is 19.0. The van der Waals surface area contributed by atoms with E-state index in [4.69, 9.17) is 0 Å². The molecule has 0 atom stereocenters. The van der Waals surface area contributed by atoms with Crippen LogP contribution < -0.4 is 0 Å². The third-order valence-corrected chi connectivity index (χ3v) is 5.59. The highest BCUT2D eigenvalue weighted by atomic mass is 16.3. The monoisotopic (exact) mass is 365 g/mol. The Morgan fingerprint density at radius 2 is 1.64 bits per heavy atom. The fourth-order valence-corrected chi connectivity index (χ4v) is 4.31. The number of aromatic amines is 1. The van der Waals surface area contributed by atoms with Crippen molar-refractivity contribution in [2.24, 2.45) is 0 Å². The Bertz CT molecular complexity index is 1270. The largest absolute Gasteiger partial charge is 0.386 e. The molecule has 2 nitrogen and oxygen atoms in total. The van der Waals surface area contributed by atoms with Crippen molar-refractivity contribution in [2.75, 3.05) is 0 Å². The van der Waals surface area contributed by atoms with Crippen LogP contribution in [0.5, 0.6) is 0 Å². The Morgan fingerprint density at radius 3 is 2.50 bits per heavy atom. The number of nitrogens with one attached hydrogen (secondary N) is 1. The van der Waals surface area contributed by atoms with Gasteiger partial charge in [-0.1, -0.05) is 66.8 Å². The SMILES string of the molecule is CC(C)(O)c1ccccc1-c1c2ccccc2cc2c3c([nH]c12)C=CCC=C3. The number of hydrogen-bond acceptors (Lipinski definition) is 1. The first kappa shape index (κ1) is 17.0. The van der Waals surface area contributed by atoms with Gasteiger partial charge in [0.2, 0.25) is 0 Å². The molecule has 1 aliphatic carbocycles. The van der Waals surface area contributed by atoms with Crippen LogP contribution in [0.3, 0.4) is 0 Å². The van der Waals surface area contributed by atoms with Crippen molar-refractivity contribution < 1.29 is 5.11 Å². The first-order valence-electron chi connectivity index (χ1n) is 9.77. The molecule has 0 radical (unpaired) electrons. The second kappa shape index (κ2) is 6.22. The van der Waals surface area contributed by atoms with E-state index in [1.165, 1.54) is 21.7 Å². The van der Waals surface area contributed by atoms with Gasteiger partial charge < -0.3 is 10.1 Å². The molecule has 4 aromatic rings. The predicted octanol–water partition coefficient (Wildman–Crippen LogP) is 6.65. The molecule has 28 heavy (non-hydrogen) atoms. The molecule has 3 aromatic carbocycles. The number of fused-ring (bicyclic) bond motifs is 4. The third kappa shape index (κ3) is 2.61. The molecule has 2 N–H and O–H groups in total. The number of aliphatic hydroxyl groups is 1.